The molecule has 36 heavy (non-hydrogen) atoms. The van der Waals surface area contributed by atoms with E-state index in [1.165, 1.54) is 44.2 Å². The van der Waals surface area contributed by atoms with Gasteiger partial charge in [0.1, 0.15) is 15.8 Å². The highest BCUT2D eigenvalue weighted by molar-refractivity contribution is 7.85. The monoisotopic (exact) mass is 508 g/mol. The van der Waals surface area contributed by atoms with Crippen molar-refractivity contribution in [2.45, 2.75) is 63.7 Å². The van der Waals surface area contributed by atoms with Crippen LogP contribution in [0.4, 0.5) is 11.4 Å². The average Bonchev–Trinajstić information content (AvgIpc) is 3.29. The molecule has 7 nitrogen and oxygen atoms in total. The second-order valence-electron chi connectivity index (χ2n) is 8.79. The maximum absolute atomic E-state index is 10.7. The lowest BCUT2D eigenvalue weighted by Crippen LogP contribution is -3.10. The Bertz CT molecular complexity index is 1180. The first-order valence-corrected chi connectivity index (χ1v) is 13.9. The minimum Gasteiger partial charge on any atom is -0.744 e. The Morgan fingerprint density at radius 2 is 1.42 bits per heavy atom. The molecule has 1 atom stereocenters. The molecule has 0 aromatic heterocycles. The summed E-state index contributed by atoms with van der Waals surface area (Å²) in [6, 6.07) is 26.6. The van der Waals surface area contributed by atoms with Crippen molar-refractivity contribution in [3.63, 3.8) is 0 Å². The fourth-order valence-corrected chi connectivity index (χ4v) is 4.40. The van der Waals surface area contributed by atoms with E-state index in [1.807, 2.05) is 48.4 Å². The Morgan fingerprint density at radius 3 is 2.03 bits per heavy atom. The van der Waals surface area contributed by atoms with Gasteiger partial charge in [-0.1, -0.05) is 97.8 Å². The number of amidine groups is 1. The summed E-state index contributed by atoms with van der Waals surface area (Å²) >= 11 is 0. The number of anilines is 1. The van der Waals surface area contributed by atoms with Gasteiger partial charge < -0.3 is 4.55 Å². The maximum atomic E-state index is 10.7. The Kier molecular flexibility index (Phi) is 10.5. The largest absolute Gasteiger partial charge is 0.744 e. The molecule has 3 aromatic carbocycles. The van der Waals surface area contributed by atoms with Crippen LogP contribution in [0.25, 0.3) is 0 Å². The van der Waals surface area contributed by atoms with E-state index < -0.39 is 10.1 Å². The van der Waals surface area contributed by atoms with Crippen molar-refractivity contribution in [2.24, 2.45) is 5.10 Å². The predicted octanol–water partition coefficient (Wildman–Crippen LogP) is 4.97. The Morgan fingerprint density at radius 1 is 0.833 bits per heavy atom. The second kappa shape index (κ2) is 13.8. The molecule has 0 fully saturated rings. The molecule has 0 aliphatic carbocycles. The maximum Gasteiger partial charge on any atom is 0.184 e. The second-order valence-corrected chi connectivity index (χ2v) is 10.2. The van der Waals surface area contributed by atoms with Gasteiger partial charge in [0.15, 0.2) is 11.5 Å². The molecule has 0 saturated carbocycles. The number of aryl methyl sites for hydroxylation is 1. The van der Waals surface area contributed by atoms with Gasteiger partial charge in [-0.05, 0) is 47.8 Å². The van der Waals surface area contributed by atoms with Crippen LogP contribution in [0.15, 0.2) is 94.9 Å². The number of nitrogens with zero attached hydrogens (tertiary/aromatic N) is 2. The molecule has 0 saturated heterocycles. The van der Waals surface area contributed by atoms with Gasteiger partial charge in [0, 0.05) is 19.1 Å². The number of hydrogen-bond acceptors (Lipinski definition) is 6. The molecule has 0 spiro atoms. The average molecular weight is 509 g/mol. The van der Waals surface area contributed by atoms with Crippen LogP contribution in [0.1, 0.15) is 57.9 Å². The number of rotatable bonds is 10. The predicted molar refractivity (Wildman–Crippen MR) is 144 cm³/mol. The molecular formula is C28H36N4O3S. The van der Waals surface area contributed by atoms with Crippen molar-refractivity contribution in [1.82, 2.24) is 5.43 Å². The van der Waals surface area contributed by atoms with Crippen LogP contribution in [-0.2, 0) is 16.5 Å². The molecule has 2 N–H and O–H groups in total. The molecule has 0 amide bonds. The van der Waals surface area contributed by atoms with Crippen molar-refractivity contribution in [3.8, 4) is 0 Å². The first kappa shape index (κ1) is 27.4. The smallest absolute Gasteiger partial charge is 0.184 e. The van der Waals surface area contributed by atoms with Gasteiger partial charge in [0.05, 0.1) is 4.90 Å². The first-order chi connectivity index (χ1) is 17.4. The minimum atomic E-state index is -4.31. The highest BCUT2D eigenvalue weighted by Gasteiger charge is 2.29. The van der Waals surface area contributed by atoms with Crippen LogP contribution in [0, 0.1) is 0 Å². The zero-order valence-corrected chi connectivity index (χ0v) is 21.9. The quantitative estimate of drug-likeness (QED) is 0.298. The summed E-state index contributed by atoms with van der Waals surface area (Å²) in [6.45, 7) is 4.16. The third kappa shape index (κ3) is 8.48. The lowest BCUT2D eigenvalue weighted by atomic mass is 10.1. The molecule has 8 heteroatoms. The van der Waals surface area contributed by atoms with Crippen molar-refractivity contribution in [1.29, 1.82) is 0 Å². The molecular weight excluding hydrogens is 472 g/mol. The molecule has 0 radical (unpaired) electrons. The van der Waals surface area contributed by atoms with Crippen LogP contribution < -0.4 is 15.7 Å². The first-order valence-electron chi connectivity index (χ1n) is 12.5. The zero-order valence-electron chi connectivity index (χ0n) is 21.1. The summed E-state index contributed by atoms with van der Waals surface area (Å²) in [5, 5.41) is 7.50. The van der Waals surface area contributed by atoms with Gasteiger partial charge in [-0.2, -0.15) is 0 Å². The number of quaternary nitrogens is 1. The van der Waals surface area contributed by atoms with Crippen molar-refractivity contribution in [3.05, 3.63) is 90.5 Å². The summed E-state index contributed by atoms with van der Waals surface area (Å²) in [5.74, 6) is 0.901. The number of hydrogen-bond donors (Lipinski definition) is 2. The topological polar surface area (TPSA) is 89.3 Å². The lowest BCUT2D eigenvalue weighted by Gasteiger charge is -2.21. The lowest BCUT2D eigenvalue weighted by molar-refractivity contribution is -0.846. The van der Waals surface area contributed by atoms with E-state index in [9.17, 15) is 13.0 Å². The van der Waals surface area contributed by atoms with E-state index in [0.717, 1.165) is 40.7 Å². The van der Waals surface area contributed by atoms with Gasteiger partial charge in [0.2, 0.25) is 0 Å². The van der Waals surface area contributed by atoms with Gasteiger partial charge in [-0.3, -0.25) is 0 Å². The van der Waals surface area contributed by atoms with Crippen molar-refractivity contribution < 1.29 is 18.1 Å². The molecule has 3 aromatic rings. The minimum absolute atomic E-state index is 0.144. The highest BCUT2D eigenvalue weighted by Crippen LogP contribution is 2.14. The summed E-state index contributed by atoms with van der Waals surface area (Å²) in [4.78, 5) is -0.144. The number of para-hydroxylation sites is 1. The summed E-state index contributed by atoms with van der Waals surface area (Å²) in [7, 11) is -4.31. The normalized spacial score (nSPS) is 15.0. The van der Waals surface area contributed by atoms with E-state index in [2.05, 4.69) is 41.7 Å². The van der Waals surface area contributed by atoms with Crippen LogP contribution in [0.2, 0.25) is 0 Å². The summed E-state index contributed by atoms with van der Waals surface area (Å²) < 4.78 is 32.2. The van der Waals surface area contributed by atoms with Gasteiger partial charge >= 0.3 is 0 Å². The summed E-state index contributed by atoms with van der Waals surface area (Å²) in [5.41, 5.74) is 6.54. The van der Waals surface area contributed by atoms with Gasteiger partial charge in [0.25, 0.3) is 0 Å². The van der Waals surface area contributed by atoms with E-state index in [0.29, 0.717) is 0 Å². The van der Waals surface area contributed by atoms with E-state index in [1.54, 1.807) is 12.1 Å². The highest BCUT2D eigenvalue weighted by atomic mass is 32.2. The molecule has 4 rings (SSSR count). The van der Waals surface area contributed by atoms with Crippen molar-refractivity contribution >= 4 is 27.3 Å². The molecule has 1 aliphatic heterocycles. The Labute approximate surface area is 215 Å². The SMILES string of the molecule is CC1=N[NH+](c2ccccc2)N(c2ccccc2)N1.CCCCCCCCc1ccc(S(=O)(=O)[O-])cc1. The van der Waals surface area contributed by atoms with E-state index in [4.69, 9.17) is 0 Å². The van der Waals surface area contributed by atoms with Crippen LogP contribution in [0.3, 0.4) is 0 Å². The molecule has 1 heterocycles. The van der Waals surface area contributed by atoms with Gasteiger partial charge in [-0.15, -0.1) is 0 Å². The number of hydrazine groups is 1. The van der Waals surface area contributed by atoms with Crippen LogP contribution in [0.5, 0.6) is 0 Å². The van der Waals surface area contributed by atoms with Gasteiger partial charge in [-0.25, -0.2) is 13.8 Å². The molecule has 0 bridgehead atoms. The third-order valence-corrected chi connectivity index (χ3v) is 6.69. The number of unbranched alkanes of at least 4 members (excludes halogenated alkanes) is 5. The number of benzene rings is 3. The van der Waals surface area contributed by atoms with Crippen molar-refractivity contribution in [2.75, 3.05) is 5.12 Å². The summed E-state index contributed by atoms with van der Waals surface area (Å²) in [6.07, 6.45) is 8.39. The fraction of sp³-hybridized carbons (Fsp3) is 0.321. The van der Waals surface area contributed by atoms with E-state index >= 15 is 0 Å². The molecule has 1 unspecified atom stereocenters. The molecule has 1 aliphatic rings. The Balaban J connectivity index is 0.000000201. The Hall–Kier alpha value is -3.20. The zero-order chi connectivity index (χ0) is 25.8. The third-order valence-electron chi connectivity index (χ3n) is 5.84. The number of nitrogens with one attached hydrogen (secondary N) is 2. The standard InChI is InChI=1S/C14H14N4.C14H22O3S/c1-12-15-17(13-8-4-2-5-9-13)18(16-12)14-10-6-3-7-11-14;1-2-3-4-5-6-7-8-13-9-11-14(12-10-13)18(15,16)17/h2-11H,1H3,(H,15,16);9-12H,2-8H2,1H3,(H,15,16,17). The fourth-order valence-electron chi connectivity index (χ4n) is 3.93. The molecule has 192 valence electrons. The van der Waals surface area contributed by atoms with E-state index in [-0.39, 0.29) is 4.90 Å². The van der Waals surface area contributed by atoms with Crippen LogP contribution >= 0.6 is 0 Å². The van der Waals surface area contributed by atoms with Crippen LogP contribution in [-0.4, -0.2) is 18.8 Å².